The van der Waals surface area contributed by atoms with E-state index in [1.165, 1.54) is 0 Å². The summed E-state index contributed by atoms with van der Waals surface area (Å²) in [7, 11) is 1.63. The van der Waals surface area contributed by atoms with E-state index in [0.29, 0.717) is 17.3 Å². The van der Waals surface area contributed by atoms with Crippen molar-refractivity contribution in [3.8, 4) is 0 Å². The molecule has 1 heterocycles. The van der Waals surface area contributed by atoms with Crippen molar-refractivity contribution >= 4 is 35.6 Å². The molecule has 0 radical (unpaired) electrons. The Bertz CT molecular complexity index is 483. The summed E-state index contributed by atoms with van der Waals surface area (Å²) >= 11 is 6.18. The van der Waals surface area contributed by atoms with Gasteiger partial charge in [-0.15, -0.1) is 12.4 Å². The van der Waals surface area contributed by atoms with Crippen LogP contribution in [0.25, 0.3) is 0 Å². The molecule has 2 rings (SSSR count). The van der Waals surface area contributed by atoms with E-state index >= 15 is 0 Å². The molecular formula is C15H22Cl2N2O2. The van der Waals surface area contributed by atoms with Crippen molar-refractivity contribution in [2.45, 2.75) is 19.8 Å². The van der Waals surface area contributed by atoms with Crippen LogP contribution in [-0.2, 0) is 9.53 Å². The van der Waals surface area contributed by atoms with E-state index in [1.807, 2.05) is 25.1 Å². The second-order valence-corrected chi connectivity index (χ2v) is 5.81. The van der Waals surface area contributed by atoms with Gasteiger partial charge in [0.2, 0.25) is 5.91 Å². The second kappa shape index (κ2) is 7.99. The van der Waals surface area contributed by atoms with E-state index in [2.05, 4.69) is 10.6 Å². The molecule has 0 unspecified atom stereocenters. The van der Waals surface area contributed by atoms with Crippen LogP contribution in [0.2, 0.25) is 5.02 Å². The van der Waals surface area contributed by atoms with Crippen LogP contribution in [0.15, 0.2) is 18.2 Å². The van der Waals surface area contributed by atoms with Gasteiger partial charge >= 0.3 is 0 Å². The average Bonchev–Trinajstić information content (AvgIpc) is 2.43. The number of carbonyl (C=O) groups is 1. The van der Waals surface area contributed by atoms with Crippen LogP contribution < -0.4 is 10.6 Å². The van der Waals surface area contributed by atoms with Crippen molar-refractivity contribution in [1.82, 2.24) is 5.32 Å². The van der Waals surface area contributed by atoms with Gasteiger partial charge in [0.1, 0.15) is 0 Å². The first-order valence-electron chi connectivity index (χ1n) is 6.85. The Balaban J connectivity index is 0.00000220. The van der Waals surface area contributed by atoms with Crippen molar-refractivity contribution in [2.75, 3.05) is 32.1 Å². The predicted molar refractivity (Wildman–Crippen MR) is 88.5 cm³/mol. The van der Waals surface area contributed by atoms with Gasteiger partial charge in [-0.1, -0.05) is 17.7 Å². The number of aryl methyl sites for hydroxylation is 1. The molecule has 21 heavy (non-hydrogen) atoms. The first-order valence-corrected chi connectivity index (χ1v) is 7.22. The molecule has 4 nitrogen and oxygen atoms in total. The summed E-state index contributed by atoms with van der Waals surface area (Å²) in [6.45, 7) is 4.07. The fraction of sp³-hybridized carbons (Fsp3) is 0.533. The molecule has 1 fully saturated rings. The molecule has 0 aliphatic carbocycles. The molecule has 0 bridgehead atoms. The Labute approximate surface area is 137 Å². The normalized spacial score (nSPS) is 16.9. The summed E-state index contributed by atoms with van der Waals surface area (Å²) < 4.78 is 5.27. The fourth-order valence-electron chi connectivity index (χ4n) is 2.59. The summed E-state index contributed by atoms with van der Waals surface area (Å²) in [4.78, 5) is 12.6. The molecule has 1 aliphatic rings. The molecule has 2 N–H and O–H groups in total. The molecule has 0 saturated carbocycles. The van der Waals surface area contributed by atoms with Crippen LogP contribution in [0.5, 0.6) is 0 Å². The minimum absolute atomic E-state index is 0. The van der Waals surface area contributed by atoms with Crippen molar-refractivity contribution < 1.29 is 9.53 Å². The smallest absolute Gasteiger partial charge is 0.233 e. The highest BCUT2D eigenvalue weighted by atomic mass is 35.5. The largest absolute Gasteiger partial charge is 0.384 e. The number of methoxy groups -OCH3 is 1. The summed E-state index contributed by atoms with van der Waals surface area (Å²) in [5.41, 5.74) is 1.27. The predicted octanol–water partition coefficient (Wildman–Crippen LogP) is 3.02. The highest BCUT2D eigenvalue weighted by molar-refractivity contribution is 6.33. The van der Waals surface area contributed by atoms with E-state index in [1.54, 1.807) is 7.11 Å². The number of hydrogen-bond acceptors (Lipinski definition) is 3. The highest BCUT2D eigenvalue weighted by Crippen LogP contribution is 2.32. The molecule has 0 spiro atoms. The van der Waals surface area contributed by atoms with E-state index < -0.39 is 5.41 Å². The quantitative estimate of drug-likeness (QED) is 0.891. The summed E-state index contributed by atoms with van der Waals surface area (Å²) in [6.07, 6.45) is 1.55. The SMILES string of the molecule is COCC1(C(=O)Nc2ccc(C)cc2Cl)CCNCC1.Cl. The van der Waals surface area contributed by atoms with Crippen LogP contribution in [0.3, 0.4) is 0 Å². The van der Waals surface area contributed by atoms with Crippen LogP contribution >= 0.6 is 24.0 Å². The maximum absolute atomic E-state index is 12.6. The topological polar surface area (TPSA) is 50.4 Å². The zero-order valence-electron chi connectivity index (χ0n) is 12.4. The molecular weight excluding hydrogens is 311 g/mol. The minimum atomic E-state index is -0.464. The first kappa shape index (κ1) is 18.2. The summed E-state index contributed by atoms with van der Waals surface area (Å²) in [6, 6.07) is 5.63. The van der Waals surface area contributed by atoms with E-state index in [0.717, 1.165) is 31.5 Å². The minimum Gasteiger partial charge on any atom is -0.384 e. The zero-order valence-corrected chi connectivity index (χ0v) is 13.9. The van der Waals surface area contributed by atoms with Gasteiger partial charge in [-0.25, -0.2) is 0 Å². The van der Waals surface area contributed by atoms with E-state index in [-0.39, 0.29) is 18.3 Å². The molecule has 1 saturated heterocycles. The number of anilines is 1. The standard InChI is InChI=1S/C15H21ClN2O2.ClH/c1-11-3-4-13(12(16)9-11)18-14(19)15(10-20-2)5-7-17-8-6-15;/h3-4,9,17H,5-8,10H2,1-2H3,(H,18,19);1H. The third-order valence-electron chi connectivity index (χ3n) is 3.84. The summed E-state index contributed by atoms with van der Waals surface area (Å²) in [5.74, 6) is -0.00777. The number of nitrogens with one attached hydrogen (secondary N) is 2. The third-order valence-corrected chi connectivity index (χ3v) is 4.15. The molecule has 1 amide bonds. The Morgan fingerprint density at radius 3 is 2.67 bits per heavy atom. The number of piperidine rings is 1. The summed E-state index contributed by atoms with van der Waals surface area (Å²) in [5, 5.41) is 6.80. The molecule has 118 valence electrons. The third kappa shape index (κ3) is 4.33. The van der Waals surface area contributed by atoms with Gasteiger partial charge in [-0.3, -0.25) is 4.79 Å². The van der Waals surface area contributed by atoms with E-state index in [9.17, 15) is 4.79 Å². The number of amides is 1. The second-order valence-electron chi connectivity index (χ2n) is 5.40. The van der Waals surface area contributed by atoms with Crippen LogP contribution in [0, 0.1) is 12.3 Å². The van der Waals surface area contributed by atoms with Crippen molar-refractivity contribution in [3.63, 3.8) is 0 Å². The van der Waals surface area contributed by atoms with Gasteiger partial charge in [0.05, 0.1) is 22.7 Å². The van der Waals surface area contributed by atoms with Crippen molar-refractivity contribution in [1.29, 1.82) is 0 Å². The Hall–Kier alpha value is -0.810. The van der Waals surface area contributed by atoms with Gasteiger partial charge in [0.25, 0.3) is 0 Å². The Morgan fingerprint density at radius 1 is 1.43 bits per heavy atom. The number of ether oxygens (including phenoxy) is 1. The number of rotatable bonds is 4. The number of halogens is 2. The molecule has 6 heteroatoms. The van der Waals surface area contributed by atoms with Crippen molar-refractivity contribution in [3.05, 3.63) is 28.8 Å². The maximum Gasteiger partial charge on any atom is 0.233 e. The Kier molecular flexibility index (Phi) is 6.94. The Morgan fingerprint density at radius 2 is 2.10 bits per heavy atom. The fourth-order valence-corrected chi connectivity index (χ4v) is 2.88. The average molecular weight is 333 g/mol. The maximum atomic E-state index is 12.6. The van der Waals surface area contributed by atoms with Gasteiger partial charge in [-0.05, 0) is 50.6 Å². The van der Waals surface area contributed by atoms with Crippen LogP contribution in [-0.4, -0.2) is 32.7 Å². The molecule has 0 atom stereocenters. The number of hydrogen-bond donors (Lipinski definition) is 2. The van der Waals surface area contributed by atoms with Gasteiger partial charge in [0.15, 0.2) is 0 Å². The first-order chi connectivity index (χ1) is 9.57. The molecule has 1 aromatic rings. The van der Waals surface area contributed by atoms with E-state index in [4.69, 9.17) is 16.3 Å². The van der Waals surface area contributed by atoms with Gasteiger partial charge in [-0.2, -0.15) is 0 Å². The lowest BCUT2D eigenvalue weighted by Gasteiger charge is -2.35. The van der Waals surface area contributed by atoms with Crippen LogP contribution in [0.4, 0.5) is 5.69 Å². The van der Waals surface area contributed by atoms with Crippen molar-refractivity contribution in [2.24, 2.45) is 5.41 Å². The van der Waals surface area contributed by atoms with Gasteiger partial charge < -0.3 is 15.4 Å². The zero-order chi connectivity index (χ0) is 14.6. The monoisotopic (exact) mass is 332 g/mol. The molecule has 0 aromatic heterocycles. The lowest BCUT2D eigenvalue weighted by atomic mass is 9.78. The van der Waals surface area contributed by atoms with Gasteiger partial charge in [0, 0.05) is 7.11 Å². The molecule has 1 aromatic carbocycles. The lowest BCUT2D eigenvalue weighted by Crippen LogP contribution is -2.47. The number of benzene rings is 1. The highest BCUT2D eigenvalue weighted by Gasteiger charge is 2.39. The van der Waals surface area contributed by atoms with Crippen LogP contribution in [0.1, 0.15) is 18.4 Å². The lowest BCUT2D eigenvalue weighted by molar-refractivity contribution is -0.130. The number of carbonyl (C=O) groups excluding carboxylic acids is 1. The molecule has 1 aliphatic heterocycles.